The highest BCUT2D eigenvalue weighted by molar-refractivity contribution is 5.82. The first-order valence-electron chi connectivity index (χ1n) is 3.41. The molecule has 0 amide bonds. The predicted octanol–water partition coefficient (Wildman–Crippen LogP) is 1.64. The number of alkyl halides is 3. The number of methoxy groups -OCH3 is 1. The van der Waals surface area contributed by atoms with Crippen molar-refractivity contribution in [1.29, 1.82) is 0 Å². The molecule has 6 heteroatoms. The number of hydrogen-bond acceptors (Lipinski definition) is 3. The van der Waals surface area contributed by atoms with E-state index in [1.165, 1.54) is 6.92 Å². The summed E-state index contributed by atoms with van der Waals surface area (Å²) in [4.78, 5) is 10.6. The highest BCUT2D eigenvalue weighted by Crippen LogP contribution is 2.25. The summed E-state index contributed by atoms with van der Waals surface area (Å²) in [5.41, 5.74) is 0. The van der Waals surface area contributed by atoms with Gasteiger partial charge in [-0.05, 0) is 6.92 Å². The van der Waals surface area contributed by atoms with Crippen LogP contribution in [-0.4, -0.2) is 25.9 Å². The normalized spacial score (nSPS) is 12.5. The molecule has 0 aromatic carbocycles. The van der Waals surface area contributed by atoms with Crippen molar-refractivity contribution in [3.8, 4) is 0 Å². The summed E-state index contributed by atoms with van der Waals surface area (Å²) in [5, 5.41) is 0. The standard InChI is InChI=1S/C7H9F3O3/c1-3-13-6(11)4-5(12-2)7(8,9)10/h4H,3H2,1-2H3/b5-4+. The van der Waals surface area contributed by atoms with Gasteiger partial charge in [0, 0.05) is 0 Å². The molecule has 0 unspecified atom stereocenters. The molecule has 0 saturated carbocycles. The maximum Gasteiger partial charge on any atom is 0.449 e. The molecule has 76 valence electrons. The van der Waals surface area contributed by atoms with Gasteiger partial charge in [0.15, 0.2) is 0 Å². The molecule has 0 bridgehead atoms. The van der Waals surface area contributed by atoms with Crippen molar-refractivity contribution in [1.82, 2.24) is 0 Å². The number of hydrogen-bond donors (Lipinski definition) is 0. The monoisotopic (exact) mass is 198 g/mol. The van der Waals surface area contributed by atoms with Crippen LogP contribution in [0.4, 0.5) is 13.2 Å². The number of ether oxygens (including phenoxy) is 2. The third kappa shape index (κ3) is 4.39. The van der Waals surface area contributed by atoms with Crippen LogP contribution in [0.1, 0.15) is 6.92 Å². The molecule has 0 aromatic heterocycles. The van der Waals surface area contributed by atoms with E-state index in [9.17, 15) is 18.0 Å². The van der Waals surface area contributed by atoms with E-state index in [1.807, 2.05) is 0 Å². The molecule has 0 fully saturated rings. The van der Waals surface area contributed by atoms with Gasteiger partial charge in [0.05, 0.1) is 19.8 Å². The molecule has 0 aromatic rings. The second-order valence-corrected chi connectivity index (χ2v) is 1.96. The van der Waals surface area contributed by atoms with E-state index in [0.717, 1.165) is 7.11 Å². The number of allylic oxidation sites excluding steroid dienone is 1. The molecule has 0 radical (unpaired) electrons. The minimum Gasteiger partial charge on any atom is -0.492 e. The van der Waals surface area contributed by atoms with Crippen LogP contribution in [0, 0.1) is 0 Å². The van der Waals surface area contributed by atoms with Crippen molar-refractivity contribution in [2.75, 3.05) is 13.7 Å². The molecule has 0 spiro atoms. The lowest BCUT2D eigenvalue weighted by molar-refractivity contribution is -0.142. The molecule has 0 N–H and O–H groups in total. The van der Waals surface area contributed by atoms with Crippen molar-refractivity contribution in [3.05, 3.63) is 11.8 Å². The quantitative estimate of drug-likeness (QED) is 0.393. The second kappa shape index (κ2) is 4.74. The molecule has 0 aliphatic heterocycles. The molecule has 13 heavy (non-hydrogen) atoms. The molecular formula is C7H9F3O3. The van der Waals surface area contributed by atoms with E-state index in [0.29, 0.717) is 0 Å². The van der Waals surface area contributed by atoms with E-state index in [4.69, 9.17) is 0 Å². The summed E-state index contributed by atoms with van der Waals surface area (Å²) in [6.45, 7) is 1.51. The Bertz CT molecular complexity index is 208. The van der Waals surface area contributed by atoms with E-state index < -0.39 is 17.9 Å². The van der Waals surface area contributed by atoms with Crippen molar-refractivity contribution >= 4 is 5.97 Å². The van der Waals surface area contributed by atoms with Crippen LogP contribution in [0.5, 0.6) is 0 Å². The van der Waals surface area contributed by atoms with Crippen molar-refractivity contribution in [2.24, 2.45) is 0 Å². The minimum atomic E-state index is -4.67. The van der Waals surface area contributed by atoms with Gasteiger partial charge in [0.2, 0.25) is 5.76 Å². The molecule has 0 heterocycles. The van der Waals surface area contributed by atoms with Gasteiger partial charge in [0.1, 0.15) is 0 Å². The first-order valence-corrected chi connectivity index (χ1v) is 3.41. The number of carbonyl (C=O) groups is 1. The largest absolute Gasteiger partial charge is 0.492 e. The van der Waals surface area contributed by atoms with Gasteiger partial charge in [0.25, 0.3) is 0 Å². The summed E-state index contributed by atoms with van der Waals surface area (Å²) < 4.78 is 44.0. The summed E-state index contributed by atoms with van der Waals surface area (Å²) in [6, 6.07) is 0. The first-order chi connectivity index (χ1) is 5.91. The lowest BCUT2D eigenvalue weighted by Gasteiger charge is -2.08. The molecule has 0 atom stereocenters. The lowest BCUT2D eigenvalue weighted by Crippen LogP contribution is -2.15. The summed E-state index contributed by atoms with van der Waals surface area (Å²) in [5.74, 6) is -2.44. The number of esters is 1. The maximum atomic E-state index is 11.9. The Morgan fingerprint density at radius 1 is 1.46 bits per heavy atom. The summed E-state index contributed by atoms with van der Waals surface area (Å²) >= 11 is 0. The minimum absolute atomic E-state index is 0.0180. The zero-order valence-corrected chi connectivity index (χ0v) is 7.14. The Hall–Kier alpha value is -1.20. The SMILES string of the molecule is CCOC(=O)/C=C(/OC)C(F)(F)F. The van der Waals surface area contributed by atoms with Crippen LogP contribution in [0.2, 0.25) is 0 Å². The van der Waals surface area contributed by atoms with Crippen LogP contribution in [0.3, 0.4) is 0 Å². The van der Waals surface area contributed by atoms with Crippen LogP contribution in [0.25, 0.3) is 0 Å². The third-order valence-corrected chi connectivity index (χ3v) is 1.03. The smallest absolute Gasteiger partial charge is 0.449 e. The van der Waals surface area contributed by atoms with Crippen molar-refractivity contribution < 1.29 is 27.4 Å². The zero-order valence-electron chi connectivity index (χ0n) is 7.14. The number of halogens is 3. The van der Waals surface area contributed by atoms with E-state index in [-0.39, 0.29) is 12.7 Å². The number of carbonyl (C=O) groups excluding carboxylic acids is 1. The van der Waals surface area contributed by atoms with Gasteiger partial charge in [-0.25, -0.2) is 4.79 Å². The van der Waals surface area contributed by atoms with Crippen LogP contribution in [-0.2, 0) is 14.3 Å². The summed E-state index contributed by atoms with van der Waals surface area (Å²) in [6.07, 6.45) is -4.40. The molecule has 0 saturated heterocycles. The molecule has 3 nitrogen and oxygen atoms in total. The Balaban J connectivity index is 4.48. The van der Waals surface area contributed by atoms with Crippen LogP contribution >= 0.6 is 0 Å². The molecular weight excluding hydrogens is 189 g/mol. The highest BCUT2D eigenvalue weighted by Gasteiger charge is 2.36. The van der Waals surface area contributed by atoms with Gasteiger partial charge < -0.3 is 9.47 Å². The molecule has 0 aliphatic rings. The van der Waals surface area contributed by atoms with Gasteiger partial charge >= 0.3 is 12.1 Å². The fourth-order valence-corrected chi connectivity index (χ4v) is 0.547. The first kappa shape index (κ1) is 11.8. The highest BCUT2D eigenvalue weighted by atomic mass is 19.4. The topological polar surface area (TPSA) is 35.5 Å². The summed E-state index contributed by atoms with van der Waals surface area (Å²) in [7, 11) is 0.832. The third-order valence-electron chi connectivity index (χ3n) is 1.03. The number of rotatable bonds is 3. The molecule has 0 rings (SSSR count). The predicted molar refractivity (Wildman–Crippen MR) is 37.8 cm³/mol. The Kier molecular flexibility index (Phi) is 4.30. The molecule has 0 aliphatic carbocycles. The fraction of sp³-hybridized carbons (Fsp3) is 0.571. The van der Waals surface area contributed by atoms with Crippen molar-refractivity contribution in [2.45, 2.75) is 13.1 Å². The van der Waals surface area contributed by atoms with E-state index in [1.54, 1.807) is 0 Å². The van der Waals surface area contributed by atoms with Gasteiger partial charge in [-0.2, -0.15) is 13.2 Å². The average Bonchev–Trinajstić information content (AvgIpc) is 1.98. The van der Waals surface area contributed by atoms with E-state index in [2.05, 4.69) is 9.47 Å². The van der Waals surface area contributed by atoms with Gasteiger partial charge in [-0.3, -0.25) is 0 Å². The zero-order chi connectivity index (χ0) is 10.5. The maximum absolute atomic E-state index is 11.9. The fourth-order valence-electron chi connectivity index (χ4n) is 0.547. The van der Waals surface area contributed by atoms with Crippen LogP contribution < -0.4 is 0 Å². The van der Waals surface area contributed by atoms with Crippen molar-refractivity contribution in [3.63, 3.8) is 0 Å². The average molecular weight is 198 g/mol. The van der Waals surface area contributed by atoms with Crippen LogP contribution in [0.15, 0.2) is 11.8 Å². The second-order valence-electron chi connectivity index (χ2n) is 1.96. The Morgan fingerprint density at radius 2 is 2.00 bits per heavy atom. The lowest BCUT2D eigenvalue weighted by atomic mass is 10.4. The van der Waals surface area contributed by atoms with Gasteiger partial charge in [-0.1, -0.05) is 0 Å². The van der Waals surface area contributed by atoms with Gasteiger partial charge in [-0.15, -0.1) is 0 Å². The Labute approximate surface area is 73.1 Å². The van der Waals surface area contributed by atoms with E-state index >= 15 is 0 Å². The Morgan fingerprint density at radius 3 is 2.31 bits per heavy atom.